The molecule has 0 aromatic heterocycles. The molecule has 0 heterocycles. The molecule has 1 nitrogen and oxygen atoms in total. The predicted octanol–water partition coefficient (Wildman–Crippen LogP) is 4.95. The lowest BCUT2D eigenvalue weighted by Gasteiger charge is -2.27. The van der Waals surface area contributed by atoms with Gasteiger partial charge in [-0.1, -0.05) is 49.7 Å². The zero-order chi connectivity index (χ0) is 14.0. The van der Waals surface area contributed by atoms with Crippen molar-refractivity contribution in [2.24, 2.45) is 17.8 Å². The zero-order valence-corrected chi connectivity index (χ0v) is 14.1. The van der Waals surface area contributed by atoms with E-state index in [0.717, 1.165) is 24.3 Å². The molecule has 19 heavy (non-hydrogen) atoms. The number of nitrogens with one attached hydrogen (secondary N) is 1. The minimum Gasteiger partial charge on any atom is -0.310 e. The van der Waals surface area contributed by atoms with Gasteiger partial charge in [0.25, 0.3) is 0 Å². The highest BCUT2D eigenvalue weighted by molar-refractivity contribution is 9.10. The van der Waals surface area contributed by atoms with Crippen molar-refractivity contribution in [1.82, 2.24) is 5.32 Å². The summed E-state index contributed by atoms with van der Waals surface area (Å²) >= 11 is 3.56. The molecule has 0 aliphatic heterocycles. The first-order chi connectivity index (χ1) is 8.99. The molecule has 0 amide bonds. The molecule has 0 bridgehead atoms. The van der Waals surface area contributed by atoms with Crippen LogP contribution in [0.5, 0.6) is 0 Å². The van der Waals surface area contributed by atoms with Gasteiger partial charge in [0.1, 0.15) is 0 Å². The van der Waals surface area contributed by atoms with E-state index in [0.29, 0.717) is 6.04 Å². The second-order valence-corrected chi connectivity index (χ2v) is 7.41. The van der Waals surface area contributed by atoms with Crippen molar-refractivity contribution in [3.8, 4) is 0 Å². The Labute approximate surface area is 126 Å². The molecule has 0 spiro atoms. The number of benzene rings is 1. The Morgan fingerprint density at radius 3 is 2.53 bits per heavy atom. The van der Waals surface area contributed by atoms with E-state index in [1.54, 1.807) is 0 Å². The minimum absolute atomic E-state index is 0.558. The molecule has 1 aromatic carbocycles. The highest BCUT2D eigenvalue weighted by atomic mass is 79.9. The first-order valence-electron chi connectivity index (χ1n) is 7.50. The molecule has 1 atom stereocenters. The Bertz CT molecular complexity index is 417. The van der Waals surface area contributed by atoms with Crippen LogP contribution in [0, 0.1) is 17.8 Å². The van der Waals surface area contributed by atoms with Gasteiger partial charge in [0.15, 0.2) is 0 Å². The fourth-order valence-electron chi connectivity index (χ4n) is 3.32. The molecule has 0 saturated carbocycles. The van der Waals surface area contributed by atoms with Crippen molar-refractivity contribution >= 4 is 15.9 Å². The first kappa shape index (κ1) is 15.1. The Kier molecular flexibility index (Phi) is 5.08. The quantitative estimate of drug-likeness (QED) is 0.808. The molecule has 106 valence electrons. The summed E-state index contributed by atoms with van der Waals surface area (Å²) in [6, 6.07) is 7.29. The van der Waals surface area contributed by atoms with Gasteiger partial charge in [-0.15, -0.1) is 0 Å². The molecular formula is C17H26BrN. The lowest BCUT2D eigenvalue weighted by molar-refractivity contribution is 0.265. The van der Waals surface area contributed by atoms with Crippen molar-refractivity contribution in [3.05, 3.63) is 33.8 Å². The summed E-state index contributed by atoms with van der Waals surface area (Å²) in [5.41, 5.74) is 3.02. The maximum absolute atomic E-state index is 3.80. The summed E-state index contributed by atoms with van der Waals surface area (Å²) < 4.78 is 1.20. The highest BCUT2D eigenvalue weighted by Crippen LogP contribution is 2.33. The van der Waals surface area contributed by atoms with Crippen molar-refractivity contribution < 1.29 is 0 Å². The average molecular weight is 324 g/mol. The number of hydrogen-bond acceptors (Lipinski definition) is 1. The van der Waals surface area contributed by atoms with E-state index >= 15 is 0 Å². The van der Waals surface area contributed by atoms with Crippen molar-refractivity contribution in [2.75, 3.05) is 6.54 Å². The Morgan fingerprint density at radius 1 is 1.21 bits per heavy atom. The largest absolute Gasteiger partial charge is 0.310 e. The van der Waals surface area contributed by atoms with Gasteiger partial charge in [-0.25, -0.2) is 0 Å². The Morgan fingerprint density at radius 2 is 1.89 bits per heavy atom. The van der Waals surface area contributed by atoms with Crippen molar-refractivity contribution in [2.45, 2.75) is 46.6 Å². The van der Waals surface area contributed by atoms with Gasteiger partial charge >= 0.3 is 0 Å². The number of rotatable bonds is 5. The summed E-state index contributed by atoms with van der Waals surface area (Å²) in [5, 5.41) is 3.80. The third-order valence-corrected chi connectivity index (χ3v) is 4.99. The smallest absolute Gasteiger partial charge is 0.0326 e. The van der Waals surface area contributed by atoms with Crippen LogP contribution < -0.4 is 5.32 Å². The van der Waals surface area contributed by atoms with E-state index in [1.165, 1.54) is 28.4 Å². The minimum atomic E-state index is 0.558. The Balaban J connectivity index is 1.99. The topological polar surface area (TPSA) is 12.0 Å². The second-order valence-electron chi connectivity index (χ2n) is 6.49. The second kappa shape index (κ2) is 6.41. The average Bonchev–Trinajstić information content (AvgIpc) is 2.71. The van der Waals surface area contributed by atoms with Crippen molar-refractivity contribution in [3.63, 3.8) is 0 Å². The van der Waals surface area contributed by atoms with Crippen LogP contribution in [0.4, 0.5) is 0 Å². The van der Waals surface area contributed by atoms with Gasteiger partial charge < -0.3 is 5.32 Å². The summed E-state index contributed by atoms with van der Waals surface area (Å²) in [6.07, 6.45) is 2.45. The summed E-state index contributed by atoms with van der Waals surface area (Å²) in [7, 11) is 0. The normalized spacial score (nSPS) is 18.6. The summed E-state index contributed by atoms with van der Waals surface area (Å²) in [4.78, 5) is 0. The molecule has 2 rings (SSSR count). The lowest BCUT2D eigenvalue weighted by Crippen LogP contribution is -2.31. The maximum Gasteiger partial charge on any atom is 0.0326 e. The fraction of sp³-hybridized carbons (Fsp3) is 0.647. The molecule has 0 radical (unpaired) electrons. The number of aryl methyl sites for hydroxylation is 1. The fourth-order valence-corrected chi connectivity index (χ4v) is 3.73. The number of halogens is 1. The van der Waals surface area contributed by atoms with Crippen LogP contribution in [0.1, 0.15) is 51.3 Å². The summed E-state index contributed by atoms with van der Waals surface area (Å²) in [5.74, 6) is 2.26. The monoisotopic (exact) mass is 323 g/mol. The van der Waals surface area contributed by atoms with Gasteiger partial charge in [0.05, 0.1) is 0 Å². The van der Waals surface area contributed by atoms with Crippen LogP contribution in [0.25, 0.3) is 0 Å². The van der Waals surface area contributed by atoms with E-state index in [2.05, 4.69) is 67.1 Å². The van der Waals surface area contributed by atoms with E-state index in [4.69, 9.17) is 0 Å². The molecular weight excluding hydrogens is 298 g/mol. The standard InChI is InChI=1S/C17H26BrN/c1-11(2)16(12(3)4)10-19-17-8-5-13-9-14(18)6-7-15(13)17/h6-7,9,11-12,16-17,19H,5,8,10H2,1-4H3. The van der Waals surface area contributed by atoms with Crippen LogP contribution >= 0.6 is 15.9 Å². The molecule has 0 saturated heterocycles. The van der Waals surface area contributed by atoms with Crippen LogP contribution in [0.15, 0.2) is 22.7 Å². The van der Waals surface area contributed by atoms with Gasteiger partial charge in [0, 0.05) is 10.5 Å². The van der Waals surface area contributed by atoms with Gasteiger partial charge in [0.2, 0.25) is 0 Å². The van der Waals surface area contributed by atoms with E-state index in [-0.39, 0.29) is 0 Å². The summed E-state index contributed by atoms with van der Waals surface area (Å²) in [6.45, 7) is 10.5. The third-order valence-electron chi connectivity index (χ3n) is 4.50. The predicted molar refractivity (Wildman–Crippen MR) is 86.4 cm³/mol. The molecule has 1 N–H and O–H groups in total. The van der Waals surface area contributed by atoms with Crippen LogP contribution in [-0.4, -0.2) is 6.54 Å². The van der Waals surface area contributed by atoms with Crippen LogP contribution in [-0.2, 0) is 6.42 Å². The SMILES string of the molecule is CC(C)C(CNC1CCc2cc(Br)ccc21)C(C)C. The van der Waals surface area contributed by atoms with Crippen LogP contribution in [0.2, 0.25) is 0 Å². The van der Waals surface area contributed by atoms with E-state index in [1.807, 2.05) is 0 Å². The molecule has 1 aliphatic rings. The molecule has 2 heteroatoms. The molecule has 1 aromatic rings. The maximum atomic E-state index is 3.80. The first-order valence-corrected chi connectivity index (χ1v) is 8.30. The van der Waals surface area contributed by atoms with Gasteiger partial charge in [-0.2, -0.15) is 0 Å². The van der Waals surface area contributed by atoms with E-state index in [9.17, 15) is 0 Å². The zero-order valence-electron chi connectivity index (χ0n) is 12.5. The van der Waals surface area contributed by atoms with Crippen LogP contribution in [0.3, 0.4) is 0 Å². The highest BCUT2D eigenvalue weighted by Gasteiger charge is 2.24. The number of hydrogen-bond donors (Lipinski definition) is 1. The van der Waals surface area contributed by atoms with E-state index < -0.39 is 0 Å². The Hall–Kier alpha value is -0.340. The number of fused-ring (bicyclic) bond motifs is 1. The van der Waals surface area contributed by atoms with Gasteiger partial charge in [-0.3, -0.25) is 0 Å². The van der Waals surface area contributed by atoms with Gasteiger partial charge in [-0.05, 0) is 60.4 Å². The molecule has 1 aliphatic carbocycles. The third kappa shape index (κ3) is 3.61. The van der Waals surface area contributed by atoms with Crippen molar-refractivity contribution in [1.29, 1.82) is 0 Å². The molecule has 1 unspecified atom stereocenters. The molecule has 0 fully saturated rings. The lowest BCUT2D eigenvalue weighted by atomic mass is 9.85.